The quantitative estimate of drug-likeness (QED) is 0.744. The van der Waals surface area contributed by atoms with Gasteiger partial charge in [-0.3, -0.25) is 4.68 Å². The van der Waals surface area contributed by atoms with Gasteiger partial charge in [-0.15, -0.1) is 0 Å². The molecule has 1 aromatic carbocycles. The van der Waals surface area contributed by atoms with Crippen molar-refractivity contribution in [2.45, 2.75) is 23.9 Å². The monoisotopic (exact) mass is 389 g/mol. The highest BCUT2D eigenvalue weighted by Crippen LogP contribution is 2.32. The van der Waals surface area contributed by atoms with Gasteiger partial charge < -0.3 is 10.6 Å². The smallest absolute Gasteiger partial charge is 0.336 e. The maximum Gasteiger partial charge on any atom is 0.483 e. The van der Waals surface area contributed by atoms with Crippen LogP contribution in [0.1, 0.15) is 6.92 Å². The lowest BCUT2D eigenvalue weighted by Gasteiger charge is -2.14. The molecule has 0 radical (unpaired) electrons. The normalized spacial score (nSPS) is 13.7. The van der Waals surface area contributed by atoms with Crippen molar-refractivity contribution < 1.29 is 22.2 Å². The minimum Gasteiger partial charge on any atom is -0.336 e. The molecule has 26 heavy (non-hydrogen) atoms. The van der Waals surface area contributed by atoms with Gasteiger partial charge in [0, 0.05) is 19.3 Å². The number of hydrogen-bond acceptors (Lipinski definition) is 4. The number of anilines is 1. The molecule has 11 heteroatoms. The zero-order valence-corrected chi connectivity index (χ0v) is 14.7. The molecule has 0 aliphatic rings. The van der Waals surface area contributed by atoms with Crippen molar-refractivity contribution in [2.75, 3.05) is 18.4 Å². The van der Waals surface area contributed by atoms with E-state index in [0.29, 0.717) is 12.2 Å². The Labute approximate surface area is 148 Å². The summed E-state index contributed by atoms with van der Waals surface area (Å²) >= 11 is 0. The van der Waals surface area contributed by atoms with Crippen LogP contribution in [0.3, 0.4) is 0 Å². The predicted octanol–water partition coefficient (Wildman–Crippen LogP) is 3.07. The van der Waals surface area contributed by atoms with Crippen LogP contribution in [0.25, 0.3) is 0 Å². The molecule has 1 unspecified atom stereocenters. The second kappa shape index (κ2) is 8.21. The molecule has 1 heterocycles. The third-order valence-electron chi connectivity index (χ3n) is 3.26. The molecular weight excluding hydrogens is 371 g/mol. The van der Waals surface area contributed by atoms with Crippen molar-refractivity contribution in [3.63, 3.8) is 0 Å². The second-order valence-corrected chi connectivity index (χ2v) is 7.35. The molecule has 2 amide bonds. The largest absolute Gasteiger partial charge is 0.483 e. The molecule has 2 N–H and O–H groups in total. The average molecular weight is 389 g/mol. The zero-order valence-electron chi connectivity index (χ0n) is 13.9. The number of alkyl halides is 3. The number of nitrogens with zero attached hydrogens (tertiary/aromatic N) is 3. The summed E-state index contributed by atoms with van der Waals surface area (Å²) in [5.41, 5.74) is -4.56. The molecule has 0 bridgehead atoms. The summed E-state index contributed by atoms with van der Waals surface area (Å²) in [5.74, 6) is 0. The average Bonchev–Trinajstić information content (AvgIpc) is 3.05. The van der Waals surface area contributed by atoms with Crippen molar-refractivity contribution in [3.8, 4) is 0 Å². The third kappa shape index (κ3) is 4.75. The third-order valence-corrected chi connectivity index (χ3v) is 5.35. The van der Waals surface area contributed by atoms with Crippen LogP contribution in [0.4, 0.5) is 23.7 Å². The molecule has 0 saturated heterocycles. The molecule has 0 aliphatic carbocycles. The highest BCUT2D eigenvalue weighted by atomic mass is 32.2. The Kier molecular flexibility index (Phi) is 6.24. The fourth-order valence-corrected chi connectivity index (χ4v) is 3.44. The van der Waals surface area contributed by atoms with Gasteiger partial charge in [-0.1, -0.05) is 18.2 Å². The maximum atomic E-state index is 13.2. The number of aromatic nitrogens is 2. The van der Waals surface area contributed by atoms with E-state index in [0.717, 1.165) is 12.1 Å². The van der Waals surface area contributed by atoms with Crippen LogP contribution in [0, 0.1) is 0 Å². The maximum absolute atomic E-state index is 13.2. The lowest BCUT2D eigenvalue weighted by molar-refractivity contribution is -0.0403. The number of amides is 2. The minimum absolute atomic E-state index is 0.201. The summed E-state index contributed by atoms with van der Waals surface area (Å²) < 4.78 is 57.0. The van der Waals surface area contributed by atoms with Gasteiger partial charge in [0.05, 0.1) is 23.3 Å². The number of halogens is 3. The Morgan fingerprint density at radius 2 is 2.00 bits per heavy atom. The molecule has 1 atom stereocenters. The van der Waals surface area contributed by atoms with E-state index in [1.165, 1.54) is 24.4 Å². The van der Waals surface area contributed by atoms with E-state index < -0.39 is 32.7 Å². The molecule has 2 rings (SSSR count). The number of hydrogen-bond donors (Lipinski definition) is 2. The van der Waals surface area contributed by atoms with Gasteiger partial charge in [-0.25, -0.2) is 13.4 Å². The summed E-state index contributed by atoms with van der Waals surface area (Å²) in [6.45, 7) is 1.86. The molecule has 142 valence electrons. The Morgan fingerprint density at radius 3 is 2.58 bits per heavy atom. The highest BCUT2D eigenvalue weighted by Gasteiger charge is 2.44. The van der Waals surface area contributed by atoms with Crippen LogP contribution in [0.15, 0.2) is 52.0 Å². The van der Waals surface area contributed by atoms with Gasteiger partial charge in [0.2, 0.25) is 0 Å². The lowest BCUT2D eigenvalue weighted by atomic mass is 10.4. The number of carbonyl (C=O) groups excluding carboxylic acids is 1. The van der Waals surface area contributed by atoms with Crippen molar-refractivity contribution in [1.82, 2.24) is 15.1 Å². The van der Waals surface area contributed by atoms with Crippen LogP contribution in [0.2, 0.25) is 0 Å². The lowest BCUT2D eigenvalue weighted by Crippen LogP contribution is -2.31. The van der Waals surface area contributed by atoms with Gasteiger partial charge in [-0.05, 0) is 19.1 Å². The van der Waals surface area contributed by atoms with Gasteiger partial charge in [0.15, 0.2) is 9.73 Å². The predicted molar refractivity (Wildman–Crippen MR) is 91.1 cm³/mol. The van der Waals surface area contributed by atoms with Crippen molar-refractivity contribution in [1.29, 1.82) is 0 Å². The second-order valence-electron chi connectivity index (χ2n) is 5.10. The Balaban J connectivity index is 1.98. The molecule has 1 aromatic heterocycles. The van der Waals surface area contributed by atoms with E-state index in [9.17, 15) is 22.2 Å². The zero-order chi connectivity index (χ0) is 19.2. The fourth-order valence-electron chi connectivity index (χ4n) is 2.01. The van der Waals surface area contributed by atoms with Gasteiger partial charge >= 0.3 is 11.5 Å². The van der Waals surface area contributed by atoms with E-state index in [4.69, 9.17) is 0 Å². The summed E-state index contributed by atoms with van der Waals surface area (Å²) in [6, 6.07) is 5.85. The molecule has 0 spiro atoms. The van der Waals surface area contributed by atoms with Crippen molar-refractivity contribution in [2.24, 2.45) is 4.36 Å². The van der Waals surface area contributed by atoms with Gasteiger partial charge in [-0.2, -0.15) is 18.3 Å². The molecular formula is C15H18F3N5O2S. The Bertz CT molecular complexity index is 858. The molecule has 2 aromatic rings. The van der Waals surface area contributed by atoms with Crippen molar-refractivity contribution >= 4 is 21.4 Å². The van der Waals surface area contributed by atoms with Crippen LogP contribution in [0.5, 0.6) is 0 Å². The molecule has 0 saturated carbocycles. The Morgan fingerprint density at radius 1 is 1.31 bits per heavy atom. The van der Waals surface area contributed by atoms with Gasteiger partial charge in [0.25, 0.3) is 0 Å². The fraction of sp³-hybridized carbons (Fsp3) is 0.333. The number of nitrogens with one attached hydrogen (secondary N) is 2. The first-order valence-electron chi connectivity index (χ1n) is 7.68. The van der Waals surface area contributed by atoms with Gasteiger partial charge in [0.1, 0.15) is 0 Å². The number of urea groups is 1. The van der Waals surface area contributed by atoms with Crippen LogP contribution in [-0.2, 0) is 16.3 Å². The van der Waals surface area contributed by atoms with Crippen molar-refractivity contribution in [3.05, 3.63) is 42.7 Å². The van der Waals surface area contributed by atoms with E-state index in [1.54, 1.807) is 10.9 Å². The summed E-state index contributed by atoms with van der Waals surface area (Å²) in [5, 5.41) is 8.82. The molecule has 0 aliphatic heterocycles. The van der Waals surface area contributed by atoms with E-state index in [1.807, 2.05) is 6.92 Å². The van der Waals surface area contributed by atoms with E-state index in [-0.39, 0.29) is 6.54 Å². The Hall–Kier alpha value is -2.56. The summed E-state index contributed by atoms with van der Waals surface area (Å²) in [7, 11) is -4.60. The standard InChI is InChI=1S/C15H18F3N5O2S/c1-2-23-11-12(10-20-23)22-14(24)19-8-9-21-26(25,15(16,17)18)13-6-4-3-5-7-13/h3-7,10-11H,2,8-9H2,1H3,(H2,19,22,24). The minimum atomic E-state index is -5.01. The topological polar surface area (TPSA) is 88.4 Å². The van der Waals surface area contributed by atoms with Crippen LogP contribution < -0.4 is 10.6 Å². The van der Waals surface area contributed by atoms with Crippen LogP contribution in [-0.4, -0.2) is 38.6 Å². The number of aryl methyl sites for hydroxylation is 1. The molecule has 7 nitrogen and oxygen atoms in total. The van der Waals surface area contributed by atoms with Crippen LogP contribution >= 0.6 is 0 Å². The molecule has 0 fully saturated rings. The van der Waals surface area contributed by atoms with E-state index in [2.05, 4.69) is 20.1 Å². The first kappa shape index (κ1) is 19.8. The first-order chi connectivity index (χ1) is 12.3. The van der Waals surface area contributed by atoms with E-state index >= 15 is 0 Å². The number of carbonyl (C=O) groups is 1. The summed E-state index contributed by atoms with van der Waals surface area (Å²) in [4.78, 5) is 11.3. The summed E-state index contributed by atoms with van der Waals surface area (Å²) in [6.07, 6.45) is 3.05. The number of benzene rings is 1. The SMILES string of the molecule is CCn1cc(NC(=O)NCCN=S(=O)(c2ccccc2)C(F)(F)F)cn1. The first-order valence-corrected chi connectivity index (χ1v) is 9.19. The number of rotatable bonds is 6. The highest BCUT2D eigenvalue weighted by molar-refractivity contribution is 7.94.